The molecular weight excluding hydrogens is 344 g/mol. The molecule has 0 spiro atoms. The van der Waals surface area contributed by atoms with Gasteiger partial charge in [0.05, 0.1) is 0 Å². The lowest BCUT2D eigenvalue weighted by atomic mass is 9.88. The zero-order chi connectivity index (χ0) is 17.7. The second-order valence-electron chi connectivity index (χ2n) is 3.45. The Morgan fingerprint density at radius 2 is 0.905 bits per heavy atom. The Morgan fingerprint density at radius 3 is 1.05 bits per heavy atom. The largest absolute Gasteiger partial charge is 0.437 e. The van der Waals surface area contributed by atoms with Crippen molar-refractivity contribution in [3.63, 3.8) is 0 Å². The Kier molecular flexibility index (Phi) is 4.65. The van der Waals surface area contributed by atoms with Crippen LogP contribution in [0.3, 0.4) is 0 Å². The van der Waals surface area contributed by atoms with Crippen molar-refractivity contribution < 1.29 is 62.9 Å². The van der Waals surface area contributed by atoms with Gasteiger partial charge in [-0.2, -0.15) is 43.9 Å². The molecule has 0 fully saturated rings. The van der Waals surface area contributed by atoms with Crippen LogP contribution in [0.4, 0.5) is 52.7 Å². The minimum absolute atomic E-state index is 4.39. The molecule has 0 amide bonds. The first-order chi connectivity index (χ1) is 8.82. The molecule has 0 aromatic rings. The van der Waals surface area contributed by atoms with E-state index in [9.17, 15) is 52.7 Å². The smallest absolute Gasteiger partial charge is 0.355 e. The molecule has 0 aliphatic carbocycles. The van der Waals surface area contributed by atoms with Crippen LogP contribution in [-0.2, 0) is 0 Å². The topological polar surface area (TPSA) is 40.5 Å². The van der Waals surface area contributed by atoms with Crippen LogP contribution in [0.5, 0.6) is 0 Å². The predicted molar refractivity (Wildman–Crippen MR) is 38.4 cm³/mol. The zero-order valence-corrected chi connectivity index (χ0v) is 8.93. The highest BCUT2D eigenvalue weighted by Crippen LogP contribution is 2.57. The fraction of sp³-hybridized carbons (Fsp3) is 0.714. The van der Waals surface area contributed by atoms with Crippen LogP contribution in [0.2, 0.25) is 0 Å². The molecule has 0 rings (SSSR count). The normalized spacial score (nSPS) is 17.4. The van der Waals surface area contributed by atoms with Gasteiger partial charge in [0.2, 0.25) is 0 Å². The molecule has 0 heterocycles. The van der Waals surface area contributed by atoms with Gasteiger partial charge in [0.1, 0.15) is 0 Å². The van der Waals surface area contributed by atoms with Crippen LogP contribution in [0.15, 0.2) is 11.7 Å². The third-order valence-corrected chi connectivity index (χ3v) is 2.06. The maximum Gasteiger partial charge on any atom is 0.437 e. The van der Waals surface area contributed by atoms with Crippen molar-refractivity contribution >= 4 is 0 Å². The Bertz CT molecular complexity index is 406. The summed E-state index contributed by atoms with van der Waals surface area (Å²) in [5.41, 5.74) is -12.0. The summed E-state index contributed by atoms with van der Waals surface area (Å²) >= 11 is 0. The second kappa shape index (κ2) is 4.93. The number of hydrogen-bond donors (Lipinski definition) is 2. The van der Waals surface area contributed by atoms with E-state index < -0.39 is 41.6 Å². The number of aliphatic hydroxyl groups is 2. The van der Waals surface area contributed by atoms with Crippen molar-refractivity contribution in [2.45, 2.75) is 30.0 Å². The average Bonchev–Trinajstić information content (AvgIpc) is 2.07. The van der Waals surface area contributed by atoms with Crippen molar-refractivity contribution in [3.05, 3.63) is 11.7 Å². The fourth-order valence-electron chi connectivity index (χ4n) is 1.15. The van der Waals surface area contributed by atoms with Gasteiger partial charge in [0.25, 0.3) is 11.9 Å². The van der Waals surface area contributed by atoms with Gasteiger partial charge < -0.3 is 10.2 Å². The highest BCUT2D eigenvalue weighted by atomic mass is 19.4. The fourth-order valence-corrected chi connectivity index (χ4v) is 1.15. The first-order valence-corrected chi connectivity index (χ1v) is 4.22. The van der Waals surface area contributed by atoms with E-state index in [0.717, 1.165) is 0 Å². The minimum atomic E-state index is -7.56. The standard InChI is InChI=1S/C7H2F12O2/c8-2(9)1(4(11,12)21)3(10,20)5(13,6(14,15)16)7(17,18)19/h20-21H. The maximum atomic E-state index is 13.1. The van der Waals surface area contributed by atoms with E-state index in [0.29, 0.717) is 0 Å². The first-order valence-electron chi connectivity index (χ1n) is 4.22. The summed E-state index contributed by atoms with van der Waals surface area (Å²) in [5.74, 6) is -7.04. The Labute approximate surface area is 106 Å². The molecule has 0 aliphatic rings. The van der Waals surface area contributed by atoms with Crippen molar-refractivity contribution in [1.82, 2.24) is 0 Å². The van der Waals surface area contributed by atoms with Gasteiger partial charge in [-0.25, -0.2) is 8.78 Å². The van der Waals surface area contributed by atoms with E-state index in [1.54, 1.807) is 0 Å². The third kappa shape index (κ3) is 3.04. The first kappa shape index (κ1) is 19.8. The van der Waals surface area contributed by atoms with Gasteiger partial charge in [-0.15, -0.1) is 0 Å². The molecule has 0 aliphatic heterocycles. The molecule has 126 valence electrons. The van der Waals surface area contributed by atoms with Crippen LogP contribution in [0.25, 0.3) is 0 Å². The average molecular weight is 346 g/mol. The van der Waals surface area contributed by atoms with Gasteiger partial charge in [0.15, 0.2) is 5.57 Å². The molecule has 14 heteroatoms. The number of alkyl halides is 10. The maximum absolute atomic E-state index is 13.1. The molecule has 0 aromatic heterocycles. The molecular formula is C7H2F12O2. The molecule has 1 unspecified atom stereocenters. The summed E-state index contributed by atoms with van der Waals surface area (Å²) in [6, 6.07) is 0. The molecule has 0 radical (unpaired) electrons. The highest BCUT2D eigenvalue weighted by Gasteiger charge is 2.86. The number of halogens is 12. The molecule has 2 nitrogen and oxygen atoms in total. The van der Waals surface area contributed by atoms with Crippen molar-refractivity contribution in [2.75, 3.05) is 0 Å². The van der Waals surface area contributed by atoms with E-state index in [1.807, 2.05) is 0 Å². The highest BCUT2D eigenvalue weighted by molar-refractivity contribution is 5.27. The molecule has 0 saturated heterocycles. The van der Waals surface area contributed by atoms with Crippen molar-refractivity contribution in [3.8, 4) is 0 Å². The summed E-state index contributed by atoms with van der Waals surface area (Å²) in [6.45, 7) is 0. The van der Waals surface area contributed by atoms with Gasteiger partial charge in [0, 0.05) is 0 Å². The lowest BCUT2D eigenvalue weighted by molar-refractivity contribution is -0.407. The molecule has 0 bridgehead atoms. The van der Waals surface area contributed by atoms with Gasteiger partial charge in [-0.3, -0.25) is 0 Å². The molecule has 2 N–H and O–H groups in total. The van der Waals surface area contributed by atoms with Gasteiger partial charge in [-0.1, -0.05) is 0 Å². The van der Waals surface area contributed by atoms with Gasteiger partial charge in [-0.05, 0) is 0 Å². The zero-order valence-electron chi connectivity index (χ0n) is 8.93. The Balaban J connectivity index is 6.62. The molecule has 21 heavy (non-hydrogen) atoms. The van der Waals surface area contributed by atoms with E-state index in [4.69, 9.17) is 10.2 Å². The third-order valence-electron chi connectivity index (χ3n) is 2.06. The molecule has 0 saturated carbocycles. The summed E-state index contributed by atoms with van der Waals surface area (Å²) < 4.78 is 146. The van der Waals surface area contributed by atoms with E-state index in [-0.39, 0.29) is 0 Å². The number of hydrogen-bond acceptors (Lipinski definition) is 2. The van der Waals surface area contributed by atoms with Crippen LogP contribution < -0.4 is 0 Å². The van der Waals surface area contributed by atoms with E-state index in [2.05, 4.69) is 0 Å². The Hall–Kier alpha value is -1.18. The van der Waals surface area contributed by atoms with Crippen molar-refractivity contribution in [2.24, 2.45) is 0 Å². The van der Waals surface area contributed by atoms with Crippen LogP contribution in [0.1, 0.15) is 0 Å². The quantitative estimate of drug-likeness (QED) is 0.771. The van der Waals surface area contributed by atoms with E-state index >= 15 is 0 Å². The summed E-state index contributed by atoms with van der Waals surface area (Å²) in [4.78, 5) is 0. The SMILES string of the molecule is OC(F)(F)C(=C(F)F)C(O)(F)C(F)(C(F)(F)F)C(F)(F)F. The van der Waals surface area contributed by atoms with Gasteiger partial charge >= 0.3 is 24.1 Å². The van der Waals surface area contributed by atoms with E-state index in [1.165, 1.54) is 0 Å². The molecule has 0 aromatic carbocycles. The Morgan fingerprint density at radius 1 is 0.619 bits per heavy atom. The van der Waals surface area contributed by atoms with Crippen molar-refractivity contribution in [1.29, 1.82) is 0 Å². The molecule has 1 atom stereocenters. The monoisotopic (exact) mass is 346 g/mol. The summed E-state index contributed by atoms with van der Waals surface area (Å²) in [6.07, 6.45) is -25.7. The second-order valence-corrected chi connectivity index (χ2v) is 3.45. The lowest BCUT2D eigenvalue weighted by Gasteiger charge is -2.38. The van der Waals surface area contributed by atoms with Crippen LogP contribution >= 0.6 is 0 Å². The predicted octanol–water partition coefficient (Wildman–Crippen LogP) is 3.21. The minimum Gasteiger partial charge on any atom is -0.355 e. The number of rotatable bonds is 3. The van der Waals surface area contributed by atoms with Crippen LogP contribution in [-0.4, -0.2) is 40.2 Å². The van der Waals surface area contributed by atoms with Crippen LogP contribution in [0, 0.1) is 0 Å². The summed E-state index contributed by atoms with van der Waals surface area (Å²) in [5, 5.41) is 15.9. The lowest BCUT2D eigenvalue weighted by Crippen LogP contribution is -2.68. The summed E-state index contributed by atoms with van der Waals surface area (Å²) in [7, 11) is 0.